The number of aryl methyl sites for hydroxylation is 2. The van der Waals surface area contributed by atoms with Crippen molar-refractivity contribution in [2.24, 2.45) is 0 Å². The van der Waals surface area contributed by atoms with E-state index in [4.69, 9.17) is 9.47 Å². The van der Waals surface area contributed by atoms with E-state index in [9.17, 15) is 4.79 Å². The van der Waals surface area contributed by atoms with Crippen molar-refractivity contribution < 1.29 is 14.3 Å². The Hall–Kier alpha value is -2.56. The van der Waals surface area contributed by atoms with Crippen LogP contribution in [-0.4, -0.2) is 29.2 Å². The van der Waals surface area contributed by atoms with Crippen LogP contribution in [0, 0.1) is 6.92 Å². The molecule has 0 radical (unpaired) electrons. The minimum atomic E-state index is -0.148. The van der Waals surface area contributed by atoms with Gasteiger partial charge in [0.05, 0.1) is 30.4 Å². The lowest BCUT2D eigenvalue weighted by atomic mass is 10.1. The molecule has 126 valence electrons. The van der Waals surface area contributed by atoms with Crippen molar-refractivity contribution in [1.29, 1.82) is 0 Å². The first-order valence-electron chi connectivity index (χ1n) is 8.23. The van der Waals surface area contributed by atoms with E-state index < -0.39 is 0 Å². The number of nitrogens with zero attached hydrogens (tertiary/aromatic N) is 2. The number of carbonyl (C=O) groups is 1. The van der Waals surface area contributed by atoms with Crippen molar-refractivity contribution in [2.75, 3.05) is 13.7 Å². The summed E-state index contributed by atoms with van der Waals surface area (Å²) in [6, 6.07) is 8.14. The normalized spacial score (nSPS) is 11.1. The van der Waals surface area contributed by atoms with E-state index in [1.54, 1.807) is 7.11 Å². The van der Waals surface area contributed by atoms with Crippen LogP contribution in [0.5, 0.6) is 5.75 Å². The third-order valence-corrected chi connectivity index (χ3v) is 4.23. The highest BCUT2D eigenvalue weighted by Gasteiger charge is 2.14. The number of carbonyl (C=O) groups excluding carboxylic acids is 1. The molecule has 0 unspecified atom stereocenters. The number of fused-ring (bicyclic) bond motifs is 3. The molecule has 3 aromatic rings. The molecule has 0 atom stereocenters. The summed E-state index contributed by atoms with van der Waals surface area (Å²) >= 11 is 0. The molecule has 1 aromatic carbocycles. The van der Waals surface area contributed by atoms with Gasteiger partial charge in [0, 0.05) is 36.0 Å². The smallest absolute Gasteiger partial charge is 0.305 e. The third kappa shape index (κ3) is 2.94. The van der Waals surface area contributed by atoms with Crippen LogP contribution in [0.1, 0.15) is 25.5 Å². The predicted octanol–water partition coefficient (Wildman–Crippen LogP) is 3.85. The molecule has 0 saturated carbocycles. The van der Waals surface area contributed by atoms with E-state index in [2.05, 4.69) is 15.6 Å². The fourth-order valence-electron chi connectivity index (χ4n) is 3.17. The van der Waals surface area contributed by atoms with Gasteiger partial charge in [0.25, 0.3) is 0 Å². The van der Waals surface area contributed by atoms with Crippen molar-refractivity contribution in [3.05, 3.63) is 36.2 Å². The maximum absolute atomic E-state index is 11.6. The van der Waals surface area contributed by atoms with Gasteiger partial charge in [-0.15, -0.1) is 0 Å². The molecule has 0 aliphatic rings. The number of aromatic nitrogens is 2. The molecular formula is C19H22N2O3. The lowest BCUT2D eigenvalue weighted by Crippen LogP contribution is -2.06. The van der Waals surface area contributed by atoms with Gasteiger partial charge in [0.1, 0.15) is 5.75 Å². The molecule has 5 heteroatoms. The Kier molecular flexibility index (Phi) is 4.69. The second kappa shape index (κ2) is 6.91. The molecule has 0 aliphatic carbocycles. The molecule has 2 aromatic heterocycles. The molecular weight excluding hydrogens is 304 g/mol. The summed E-state index contributed by atoms with van der Waals surface area (Å²) in [5.74, 6) is 0.674. The summed E-state index contributed by atoms with van der Waals surface area (Å²) in [6.45, 7) is 5.00. The van der Waals surface area contributed by atoms with Crippen LogP contribution in [-0.2, 0) is 16.1 Å². The molecule has 0 aliphatic heterocycles. The standard InChI is InChI=1S/C19H22N2O3/c1-4-24-18(22)6-5-11-21-17-12-14(23-3)7-8-15(17)16-9-10-20-13(2)19(16)21/h7-10,12H,4-6,11H2,1-3H3. The number of hydrogen-bond donors (Lipinski definition) is 0. The summed E-state index contributed by atoms with van der Waals surface area (Å²) in [7, 11) is 1.67. The largest absolute Gasteiger partial charge is 0.497 e. The number of rotatable bonds is 6. The zero-order chi connectivity index (χ0) is 17.1. The van der Waals surface area contributed by atoms with Gasteiger partial charge in [0.2, 0.25) is 0 Å². The molecule has 2 heterocycles. The predicted molar refractivity (Wildman–Crippen MR) is 94.4 cm³/mol. The van der Waals surface area contributed by atoms with Crippen LogP contribution in [0.4, 0.5) is 0 Å². The highest BCUT2D eigenvalue weighted by molar-refractivity contribution is 6.09. The Morgan fingerprint density at radius 2 is 2.08 bits per heavy atom. The van der Waals surface area contributed by atoms with Gasteiger partial charge in [-0.3, -0.25) is 9.78 Å². The van der Waals surface area contributed by atoms with Gasteiger partial charge < -0.3 is 14.0 Å². The van der Waals surface area contributed by atoms with Crippen LogP contribution in [0.25, 0.3) is 21.8 Å². The third-order valence-electron chi connectivity index (χ3n) is 4.23. The van der Waals surface area contributed by atoms with Gasteiger partial charge >= 0.3 is 5.97 Å². The second-order valence-electron chi connectivity index (χ2n) is 5.74. The van der Waals surface area contributed by atoms with Gasteiger partial charge in [-0.1, -0.05) is 0 Å². The van der Waals surface area contributed by atoms with Crippen molar-refractivity contribution >= 4 is 27.8 Å². The number of hydrogen-bond acceptors (Lipinski definition) is 4. The summed E-state index contributed by atoms with van der Waals surface area (Å²) in [6.07, 6.45) is 2.98. The molecule has 0 fully saturated rings. The number of pyridine rings is 1. The van der Waals surface area contributed by atoms with Crippen LogP contribution >= 0.6 is 0 Å². The van der Waals surface area contributed by atoms with E-state index >= 15 is 0 Å². The van der Waals surface area contributed by atoms with E-state index in [1.165, 1.54) is 10.8 Å². The summed E-state index contributed by atoms with van der Waals surface area (Å²) < 4.78 is 12.6. The topological polar surface area (TPSA) is 53.4 Å². The highest BCUT2D eigenvalue weighted by atomic mass is 16.5. The monoisotopic (exact) mass is 326 g/mol. The Balaban J connectivity index is 2.03. The lowest BCUT2D eigenvalue weighted by Gasteiger charge is -2.09. The quantitative estimate of drug-likeness (QED) is 0.646. The van der Waals surface area contributed by atoms with Crippen molar-refractivity contribution in [3.8, 4) is 5.75 Å². The fourth-order valence-corrected chi connectivity index (χ4v) is 3.17. The SMILES string of the molecule is CCOC(=O)CCCn1c2cc(OC)ccc2c2ccnc(C)c21. The molecule has 0 amide bonds. The zero-order valence-corrected chi connectivity index (χ0v) is 14.3. The minimum Gasteiger partial charge on any atom is -0.497 e. The molecule has 3 rings (SSSR count). The van der Waals surface area contributed by atoms with Gasteiger partial charge in [-0.05, 0) is 38.5 Å². The molecule has 0 bridgehead atoms. The van der Waals surface area contributed by atoms with Gasteiger partial charge in [0.15, 0.2) is 0 Å². The van der Waals surface area contributed by atoms with E-state index in [1.807, 2.05) is 38.2 Å². The lowest BCUT2D eigenvalue weighted by molar-refractivity contribution is -0.143. The first kappa shape index (κ1) is 16.3. The minimum absolute atomic E-state index is 0.148. The Labute approximate surface area is 141 Å². The first-order valence-corrected chi connectivity index (χ1v) is 8.23. The number of methoxy groups -OCH3 is 1. The first-order chi connectivity index (χ1) is 11.7. The Morgan fingerprint density at radius 3 is 2.83 bits per heavy atom. The maximum atomic E-state index is 11.6. The molecule has 5 nitrogen and oxygen atoms in total. The summed E-state index contributed by atoms with van der Waals surface area (Å²) in [5.41, 5.74) is 3.20. The number of esters is 1. The number of benzene rings is 1. The van der Waals surface area contributed by atoms with E-state index in [0.29, 0.717) is 13.0 Å². The van der Waals surface area contributed by atoms with Crippen molar-refractivity contribution in [3.63, 3.8) is 0 Å². The maximum Gasteiger partial charge on any atom is 0.305 e. The average molecular weight is 326 g/mol. The van der Waals surface area contributed by atoms with Crippen LogP contribution < -0.4 is 4.74 Å². The molecule has 0 spiro atoms. The second-order valence-corrected chi connectivity index (χ2v) is 5.74. The Morgan fingerprint density at radius 1 is 1.25 bits per heavy atom. The van der Waals surface area contributed by atoms with Crippen LogP contribution in [0.2, 0.25) is 0 Å². The average Bonchev–Trinajstić information content (AvgIpc) is 2.90. The van der Waals surface area contributed by atoms with E-state index in [-0.39, 0.29) is 5.97 Å². The Bertz CT molecular complexity index is 883. The van der Waals surface area contributed by atoms with Crippen molar-refractivity contribution in [1.82, 2.24) is 9.55 Å². The number of ether oxygens (including phenoxy) is 2. The van der Waals surface area contributed by atoms with Crippen molar-refractivity contribution in [2.45, 2.75) is 33.2 Å². The van der Waals surface area contributed by atoms with Gasteiger partial charge in [-0.25, -0.2) is 0 Å². The summed E-state index contributed by atoms with van der Waals surface area (Å²) in [5, 5.41) is 2.35. The highest BCUT2D eigenvalue weighted by Crippen LogP contribution is 2.32. The zero-order valence-electron chi connectivity index (χ0n) is 14.3. The van der Waals surface area contributed by atoms with Crippen LogP contribution in [0.3, 0.4) is 0 Å². The van der Waals surface area contributed by atoms with Gasteiger partial charge in [-0.2, -0.15) is 0 Å². The molecule has 0 saturated heterocycles. The molecule has 0 N–H and O–H groups in total. The summed E-state index contributed by atoms with van der Waals surface area (Å²) in [4.78, 5) is 16.0. The van der Waals surface area contributed by atoms with Crippen LogP contribution in [0.15, 0.2) is 30.5 Å². The fraction of sp³-hybridized carbons (Fsp3) is 0.368. The molecule has 24 heavy (non-hydrogen) atoms. The van der Waals surface area contributed by atoms with E-state index in [0.717, 1.165) is 35.4 Å².